The van der Waals surface area contributed by atoms with Gasteiger partial charge in [0.15, 0.2) is 5.11 Å². The van der Waals surface area contributed by atoms with Crippen LogP contribution in [0.25, 0.3) is 0 Å². The van der Waals surface area contributed by atoms with Crippen molar-refractivity contribution in [1.82, 2.24) is 10.3 Å². The van der Waals surface area contributed by atoms with Gasteiger partial charge < -0.3 is 10.2 Å². The number of thiophene rings is 1. The van der Waals surface area contributed by atoms with Crippen molar-refractivity contribution >= 4 is 34.4 Å². The van der Waals surface area contributed by atoms with E-state index in [1.165, 1.54) is 10.4 Å². The van der Waals surface area contributed by atoms with Crippen molar-refractivity contribution in [1.29, 1.82) is 0 Å². The molecule has 0 amide bonds. The summed E-state index contributed by atoms with van der Waals surface area (Å²) in [5.41, 5.74) is 3.36. The summed E-state index contributed by atoms with van der Waals surface area (Å²) in [7, 11) is 0. The van der Waals surface area contributed by atoms with Crippen LogP contribution in [0.5, 0.6) is 0 Å². The van der Waals surface area contributed by atoms with Crippen LogP contribution in [0.1, 0.15) is 28.2 Å². The minimum atomic E-state index is 0.0404. The van der Waals surface area contributed by atoms with Crippen LogP contribution in [0, 0.1) is 6.92 Å². The summed E-state index contributed by atoms with van der Waals surface area (Å²) in [5, 5.41) is 6.33. The van der Waals surface area contributed by atoms with Crippen molar-refractivity contribution in [2.24, 2.45) is 0 Å². The van der Waals surface area contributed by atoms with Crippen molar-refractivity contribution in [3.05, 3.63) is 82.3 Å². The standard InChI is InChI=1S/C19H17N3S2/c1-13-7-9-14(10-8-13)22-18(16-6-4-12-24-16)17(21-19(22)23)15-5-2-3-11-20-15/h2-12,17-18H,1H3,(H,21,23)/t17-,18+/m0/s1. The zero-order valence-electron chi connectivity index (χ0n) is 13.2. The molecule has 3 nitrogen and oxygen atoms in total. The molecule has 3 heterocycles. The monoisotopic (exact) mass is 351 g/mol. The molecule has 0 bridgehead atoms. The van der Waals surface area contributed by atoms with E-state index < -0.39 is 0 Å². The van der Waals surface area contributed by atoms with Gasteiger partial charge in [-0.2, -0.15) is 0 Å². The van der Waals surface area contributed by atoms with Crippen molar-refractivity contribution in [3.8, 4) is 0 Å². The molecule has 0 aliphatic carbocycles. The summed E-state index contributed by atoms with van der Waals surface area (Å²) >= 11 is 7.43. The Hall–Kier alpha value is -2.24. The van der Waals surface area contributed by atoms with Gasteiger partial charge in [0.2, 0.25) is 0 Å². The average Bonchev–Trinajstić information content (AvgIpc) is 3.24. The number of pyridine rings is 1. The molecule has 2 atom stereocenters. The lowest BCUT2D eigenvalue weighted by Crippen LogP contribution is -2.29. The summed E-state index contributed by atoms with van der Waals surface area (Å²) in [6, 6.07) is 18.9. The van der Waals surface area contributed by atoms with E-state index in [0.29, 0.717) is 0 Å². The van der Waals surface area contributed by atoms with Crippen molar-refractivity contribution < 1.29 is 0 Å². The maximum atomic E-state index is 5.68. The second kappa shape index (κ2) is 6.34. The molecule has 120 valence electrons. The molecule has 3 aromatic rings. The first-order valence-corrected chi connectivity index (χ1v) is 9.13. The molecule has 0 unspecified atom stereocenters. The third kappa shape index (κ3) is 2.70. The van der Waals surface area contributed by atoms with Crippen LogP contribution in [-0.2, 0) is 0 Å². The smallest absolute Gasteiger partial charge is 0.174 e. The summed E-state index contributed by atoms with van der Waals surface area (Å²) < 4.78 is 0. The van der Waals surface area contributed by atoms with E-state index in [9.17, 15) is 0 Å². The molecular weight excluding hydrogens is 334 g/mol. The number of aromatic nitrogens is 1. The number of nitrogens with one attached hydrogen (secondary N) is 1. The molecule has 4 rings (SSSR count). The third-order valence-corrected chi connectivity index (χ3v) is 5.50. The minimum absolute atomic E-state index is 0.0404. The van der Waals surface area contributed by atoms with Crippen LogP contribution in [0.4, 0.5) is 5.69 Å². The third-order valence-electron chi connectivity index (χ3n) is 4.24. The number of thiocarbonyl (C=S) groups is 1. The summed E-state index contributed by atoms with van der Waals surface area (Å²) in [6.45, 7) is 2.10. The molecule has 1 fully saturated rings. The van der Waals surface area contributed by atoms with E-state index in [4.69, 9.17) is 12.2 Å². The van der Waals surface area contributed by atoms with Crippen LogP contribution >= 0.6 is 23.6 Å². The highest BCUT2D eigenvalue weighted by atomic mass is 32.1. The molecule has 2 aromatic heterocycles. The van der Waals surface area contributed by atoms with E-state index in [2.05, 4.69) is 70.0 Å². The Balaban J connectivity index is 1.80. The number of hydrogen-bond acceptors (Lipinski definition) is 3. The molecular formula is C19H17N3S2. The predicted octanol–water partition coefficient (Wildman–Crippen LogP) is 4.63. The van der Waals surface area contributed by atoms with Gasteiger partial charge >= 0.3 is 0 Å². The largest absolute Gasteiger partial charge is 0.351 e. The average molecular weight is 352 g/mol. The van der Waals surface area contributed by atoms with Crippen LogP contribution in [0.2, 0.25) is 0 Å². The van der Waals surface area contributed by atoms with Crippen LogP contribution in [-0.4, -0.2) is 10.1 Å². The van der Waals surface area contributed by atoms with Gasteiger partial charge in [-0.15, -0.1) is 11.3 Å². The Labute approximate surface area is 151 Å². The number of rotatable bonds is 3. The highest BCUT2D eigenvalue weighted by molar-refractivity contribution is 7.80. The van der Waals surface area contributed by atoms with Crippen molar-refractivity contribution in [2.45, 2.75) is 19.0 Å². The second-order valence-corrected chi connectivity index (χ2v) is 7.21. The van der Waals surface area contributed by atoms with Gasteiger partial charge in [0.1, 0.15) is 0 Å². The normalized spacial score (nSPS) is 20.2. The maximum absolute atomic E-state index is 5.68. The SMILES string of the molecule is Cc1ccc(N2C(=S)N[C@@H](c3ccccn3)[C@H]2c2cccs2)cc1. The van der Waals surface area contributed by atoms with Gasteiger partial charge in [0.25, 0.3) is 0 Å². The summed E-state index contributed by atoms with van der Waals surface area (Å²) in [5.74, 6) is 0. The molecule has 1 aliphatic heterocycles. The van der Waals surface area contributed by atoms with Crippen LogP contribution in [0.3, 0.4) is 0 Å². The van der Waals surface area contributed by atoms with E-state index in [-0.39, 0.29) is 12.1 Å². The highest BCUT2D eigenvalue weighted by Crippen LogP contribution is 2.42. The lowest BCUT2D eigenvalue weighted by Gasteiger charge is -2.27. The predicted molar refractivity (Wildman–Crippen MR) is 103 cm³/mol. The fourth-order valence-electron chi connectivity index (χ4n) is 3.09. The van der Waals surface area contributed by atoms with Crippen molar-refractivity contribution in [2.75, 3.05) is 4.90 Å². The Morgan fingerprint density at radius 2 is 1.92 bits per heavy atom. The number of anilines is 1. The molecule has 5 heteroatoms. The lowest BCUT2D eigenvalue weighted by atomic mass is 10.0. The first kappa shape index (κ1) is 15.3. The molecule has 24 heavy (non-hydrogen) atoms. The number of benzene rings is 1. The summed E-state index contributed by atoms with van der Waals surface area (Å²) in [4.78, 5) is 8.04. The zero-order valence-corrected chi connectivity index (χ0v) is 14.8. The zero-order chi connectivity index (χ0) is 16.5. The summed E-state index contributed by atoms with van der Waals surface area (Å²) in [6.07, 6.45) is 1.83. The van der Waals surface area contributed by atoms with Gasteiger partial charge in [-0.05, 0) is 54.9 Å². The van der Waals surface area contributed by atoms with E-state index in [1.54, 1.807) is 11.3 Å². The second-order valence-electron chi connectivity index (χ2n) is 5.85. The molecule has 1 N–H and O–H groups in total. The number of nitrogens with zero attached hydrogens (tertiary/aromatic N) is 2. The molecule has 0 saturated carbocycles. The topological polar surface area (TPSA) is 28.2 Å². The number of hydrogen-bond donors (Lipinski definition) is 1. The first-order chi connectivity index (χ1) is 11.7. The number of aryl methyl sites for hydroxylation is 1. The van der Waals surface area contributed by atoms with Gasteiger partial charge in [-0.3, -0.25) is 4.98 Å². The Bertz CT molecular complexity index is 829. The van der Waals surface area contributed by atoms with Gasteiger partial charge in [-0.25, -0.2) is 0 Å². The molecule has 1 aliphatic rings. The van der Waals surface area contributed by atoms with E-state index in [1.807, 2.05) is 18.3 Å². The Morgan fingerprint density at radius 1 is 1.08 bits per heavy atom. The Kier molecular flexibility index (Phi) is 4.04. The van der Waals surface area contributed by atoms with E-state index >= 15 is 0 Å². The molecule has 0 spiro atoms. The van der Waals surface area contributed by atoms with Gasteiger partial charge in [-0.1, -0.05) is 29.8 Å². The van der Waals surface area contributed by atoms with E-state index in [0.717, 1.165) is 16.5 Å². The minimum Gasteiger partial charge on any atom is -0.351 e. The van der Waals surface area contributed by atoms with Gasteiger partial charge in [0, 0.05) is 16.8 Å². The molecule has 1 saturated heterocycles. The molecule has 1 aromatic carbocycles. The van der Waals surface area contributed by atoms with Crippen LogP contribution in [0.15, 0.2) is 66.2 Å². The first-order valence-electron chi connectivity index (χ1n) is 7.85. The lowest BCUT2D eigenvalue weighted by molar-refractivity contribution is 0.575. The Morgan fingerprint density at radius 3 is 2.58 bits per heavy atom. The highest BCUT2D eigenvalue weighted by Gasteiger charge is 2.41. The maximum Gasteiger partial charge on any atom is 0.174 e. The van der Waals surface area contributed by atoms with Crippen LogP contribution < -0.4 is 10.2 Å². The molecule has 0 radical (unpaired) electrons. The fourth-order valence-corrected chi connectivity index (χ4v) is 4.29. The fraction of sp³-hybridized carbons (Fsp3) is 0.158. The van der Waals surface area contributed by atoms with Crippen molar-refractivity contribution in [3.63, 3.8) is 0 Å². The van der Waals surface area contributed by atoms with Gasteiger partial charge in [0.05, 0.1) is 17.8 Å². The quantitative estimate of drug-likeness (QED) is 0.697.